The van der Waals surface area contributed by atoms with Crippen LogP contribution in [0.5, 0.6) is 0 Å². The summed E-state index contributed by atoms with van der Waals surface area (Å²) in [4.78, 5) is 25.3. The van der Waals surface area contributed by atoms with Crippen molar-refractivity contribution < 1.29 is 9.59 Å². The number of hydrogen-bond acceptors (Lipinski definition) is 2. The van der Waals surface area contributed by atoms with Gasteiger partial charge in [-0.15, -0.1) is 0 Å². The lowest BCUT2D eigenvalue weighted by Crippen LogP contribution is -2.41. The largest absolute Gasteiger partial charge is 0.354 e. The van der Waals surface area contributed by atoms with Gasteiger partial charge in [0.05, 0.1) is 0 Å². The van der Waals surface area contributed by atoms with E-state index in [1.165, 1.54) is 0 Å². The molecule has 1 aromatic carbocycles. The van der Waals surface area contributed by atoms with Gasteiger partial charge in [-0.05, 0) is 43.5 Å². The van der Waals surface area contributed by atoms with E-state index in [4.69, 9.17) is 0 Å². The highest BCUT2D eigenvalue weighted by Crippen LogP contribution is 2.26. The smallest absolute Gasteiger partial charge is 0.223 e. The lowest BCUT2D eigenvalue weighted by atomic mass is 9.85. The first-order valence-corrected chi connectivity index (χ1v) is 8.10. The summed E-state index contributed by atoms with van der Waals surface area (Å²) in [7, 11) is 0. The molecule has 1 saturated carbocycles. The molecule has 0 aromatic heterocycles. The zero-order chi connectivity index (χ0) is 15.4. The van der Waals surface area contributed by atoms with E-state index in [1.54, 1.807) is 11.8 Å². The minimum Gasteiger partial charge on any atom is -0.354 e. The Morgan fingerprint density at radius 1 is 1.38 bits per heavy atom. The van der Waals surface area contributed by atoms with E-state index in [0.717, 1.165) is 35.0 Å². The monoisotopic (exact) mass is 352 g/mol. The zero-order valence-electron chi connectivity index (χ0n) is 12.5. The predicted molar refractivity (Wildman–Crippen MR) is 87.3 cm³/mol. The maximum absolute atomic E-state index is 11.8. The molecule has 0 aliphatic heterocycles. The zero-order valence-corrected chi connectivity index (χ0v) is 14.1. The lowest BCUT2D eigenvalue weighted by Gasteiger charge is -2.26. The van der Waals surface area contributed by atoms with Crippen molar-refractivity contribution in [3.8, 4) is 0 Å². The Morgan fingerprint density at radius 3 is 2.62 bits per heavy atom. The molecule has 1 aliphatic carbocycles. The first kappa shape index (κ1) is 16.0. The number of hydrogen-bond donors (Lipinski definition) is 1. The Bertz CT molecular complexity index is 541. The Morgan fingerprint density at radius 2 is 2.10 bits per heavy atom. The van der Waals surface area contributed by atoms with E-state index < -0.39 is 0 Å². The van der Waals surface area contributed by atoms with Crippen molar-refractivity contribution >= 4 is 33.4 Å². The van der Waals surface area contributed by atoms with Crippen LogP contribution in [-0.4, -0.2) is 24.9 Å². The molecule has 2 rings (SSSR count). The summed E-state index contributed by atoms with van der Waals surface area (Å²) >= 11 is 3.46. The maximum Gasteiger partial charge on any atom is 0.223 e. The number of nitrogens with zero attached hydrogens (tertiary/aromatic N) is 1. The van der Waals surface area contributed by atoms with Gasteiger partial charge in [0.1, 0.15) is 0 Å². The van der Waals surface area contributed by atoms with E-state index in [-0.39, 0.29) is 17.7 Å². The molecule has 2 amide bonds. The van der Waals surface area contributed by atoms with Crippen LogP contribution >= 0.6 is 15.9 Å². The SMILES string of the molecule is CC(=O)N(CCNC(=O)C1CCC1)c1ccc(Br)c(C)c1. The molecule has 21 heavy (non-hydrogen) atoms. The van der Waals surface area contributed by atoms with Crippen LogP contribution in [0.25, 0.3) is 0 Å². The summed E-state index contributed by atoms with van der Waals surface area (Å²) < 4.78 is 1.02. The third-order valence-corrected chi connectivity index (χ3v) is 4.83. The highest BCUT2D eigenvalue weighted by Gasteiger charge is 2.24. The summed E-state index contributed by atoms with van der Waals surface area (Å²) in [6.07, 6.45) is 3.14. The summed E-state index contributed by atoms with van der Waals surface area (Å²) in [5.41, 5.74) is 1.94. The molecule has 0 bridgehead atoms. The predicted octanol–water partition coefficient (Wildman–Crippen LogP) is 3.03. The number of aryl methyl sites for hydroxylation is 1. The molecule has 1 aromatic rings. The van der Waals surface area contributed by atoms with Crippen molar-refractivity contribution in [3.63, 3.8) is 0 Å². The summed E-state index contributed by atoms with van der Waals surface area (Å²) in [6, 6.07) is 5.82. The number of rotatable bonds is 5. The second-order valence-electron chi connectivity index (χ2n) is 5.52. The van der Waals surface area contributed by atoms with E-state index in [2.05, 4.69) is 21.2 Å². The van der Waals surface area contributed by atoms with Gasteiger partial charge in [-0.3, -0.25) is 9.59 Å². The molecule has 114 valence electrons. The van der Waals surface area contributed by atoms with E-state index in [0.29, 0.717) is 13.1 Å². The van der Waals surface area contributed by atoms with Gasteiger partial charge in [0.2, 0.25) is 11.8 Å². The van der Waals surface area contributed by atoms with Gasteiger partial charge in [-0.2, -0.15) is 0 Å². The van der Waals surface area contributed by atoms with Gasteiger partial charge in [-0.1, -0.05) is 22.4 Å². The third-order valence-electron chi connectivity index (χ3n) is 3.94. The fourth-order valence-electron chi connectivity index (χ4n) is 2.37. The Balaban J connectivity index is 1.93. The van der Waals surface area contributed by atoms with Crippen LogP contribution in [0.1, 0.15) is 31.7 Å². The topological polar surface area (TPSA) is 49.4 Å². The molecular weight excluding hydrogens is 332 g/mol. The average Bonchev–Trinajstić information content (AvgIpc) is 2.35. The minimum atomic E-state index is -0.0189. The molecule has 0 heterocycles. The van der Waals surface area contributed by atoms with Crippen LogP contribution in [0.3, 0.4) is 0 Å². The Kier molecular flexibility index (Phi) is 5.39. The molecule has 1 fully saturated rings. The molecular formula is C16H21BrN2O2. The molecule has 1 N–H and O–H groups in total. The van der Waals surface area contributed by atoms with Gasteiger partial charge < -0.3 is 10.2 Å². The van der Waals surface area contributed by atoms with Crippen molar-refractivity contribution in [3.05, 3.63) is 28.2 Å². The molecule has 0 atom stereocenters. The maximum atomic E-state index is 11.8. The summed E-state index contributed by atoms with van der Waals surface area (Å²) in [5, 5.41) is 2.92. The Hall–Kier alpha value is -1.36. The van der Waals surface area contributed by atoms with Gasteiger partial charge in [0, 0.05) is 36.1 Å². The first-order chi connectivity index (χ1) is 9.99. The number of halogens is 1. The van der Waals surface area contributed by atoms with E-state index >= 15 is 0 Å². The number of benzene rings is 1. The number of nitrogens with one attached hydrogen (secondary N) is 1. The van der Waals surface area contributed by atoms with Crippen molar-refractivity contribution in [2.24, 2.45) is 5.92 Å². The van der Waals surface area contributed by atoms with Crippen LogP contribution in [0.4, 0.5) is 5.69 Å². The fourth-order valence-corrected chi connectivity index (χ4v) is 2.62. The summed E-state index contributed by atoms with van der Waals surface area (Å²) in [5.74, 6) is 0.289. The van der Waals surface area contributed by atoms with Crippen LogP contribution in [0, 0.1) is 12.8 Å². The van der Waals surface area contributed by atoms with Crippen LogP contribution < -0.4 is 10.2 Å². The third kappa shape index (κ3) is 4.06. The minimum absolute atomic E-state index is 0.0189. The molecule has 0 radical (unpaired) electrons. The highest BCUT2D eigenvalue weighted by atomic mass is 79.9. The van der Waals surface area contributed by atoms with Crippen molar-refractivity contribution in [1.29, 1.82) is 0 Å². The molecule has 4 nitrogen and oxygen atoms in total. The molecule has 5 heteroatoms. The first-order valence-electron chi connectivity index (χ1n) is 7.31. The molecule has 1 aliphatic rings. The highest BCUT2D eigenvalue weighted by molar-refractivity contribution is 9.10. The van der Waals surface area contributed by atoms with Crippen LogP contribution in [0.2, 0.25) is 0 Å². The van der Waals surface area contributed by atoms with E-state index in [1.807, 2.05) is 25.1 Å². The van der Waals surface area contributed by atoms with Crippen molar-refractivity contribution in [1.82, 2.24) is 5.32 Å². The molecule has 0 spiro atoms. The van der Waals surface area contributed by atoms with Gasteiger partial charge >= 0.3 is 0 Å². The molecule has 0 saturated heterocycles. The van der Waals surface area contributed by atoms with E-state index in [9.17, 15) is 9.59 Å². The fraction of sp³-hybridized carbons (Fsp3) is 0.500. The van der Waals surface area contributed by atoms with Gasteiger partial charge in [-0.25, -0.2) is 0 Å². The average molecular weight is 353 g/mol. The number of carbonyl (C=O) groups excluding carboxylic acids is 2. The van der Waals surface area contributed by atoms with Gasteiger partial charge in [0.25, 0.3) is 0 Å². The van der Waals surface area contributed by atoms with Crippen LogP contribution in [0.15, 0.2) is 22.7 Å². The normalized spacial score (nSPS) is 14.4. The standard InChI is InChI=1S/C16H21BrN2O2/c1-11-10-14(6-7-15(11)17)19(12(2)20)9-8-18-16(21)13-4-3-5-13/h6-7,10,13H,3-5,8-9H2,1-2H3,(H,18,21). The number of anilines is 1. The second kappa shape index (κ2) is 7.07. The second-order valence-corrected chi connectivity index (χ2v) is 6.38. The summed E-state index contributed by atoms with van der Waals surface area (Å²) in [6.45, 7) is 4.52. The van der Waals surface area contributed by atoms with Crippen LogP contribution in [-0.2, 0) is 9.59 Å². The number of amides is 2. The molecule has 0 unspecified atom stereocenters. The van der Waals surface area contributed by atoms with Crippen molar-refractivity contribution in [2.45, 2.75) is 33.1 Å². The Labute approximate surface area is 134 Å². The quantitative estimate of drug-likeness (QED) is 0.885. The van der Waals surface area contributed by atoms with Crippen molar-refractivity contribution in [2.75, 3.05) is 18.0 Å². The van der Waals surface area contributed by atoms with Gasteiger partial charge in [0.15, 0.2) is 0 Å². The number of carbonyl (C=O) groups is 2. The lowest BCUT2D eigenvalue weighted by molar-refractivity contribution is -0.127.